The van der Waals surface area contributed by atoms with E-state index in [0.717, 1.165) is 17.7 Å². The van der Waals surface area contributed by atoms with Gasteiger partial charge in [-0.05, 0) is 12.5 Å². The van der Waals surface area contributed by atoms with Crippen LogP contribution in [0.2, 0.25) is 0 Å². The van der Waals surface area contributed by atoms with Gasteiger partial charge in [0, 0.05) is 12.0 Å². The van der Waals surface area contributed by atoms with Gasteiger partial charge in [-0.2, -0.15) is 17.6 Å². The molecule has 0 bridgehead atoms. The predicted octanol–water partition coefficient (Wildman–Crippen LogP) is 4.96. The van der Waals surface area contributed by atoms with Gasteiger partial charge in [-0.1, -0.05) is 60.2 Å². The standard InChI is InChI=1S/C16H14F4/c1-12-7-9-14(10-8-12)16(19,20)15(17,18)11-13-5-3-2-4-6-13/h2-10H,11H2,1H3. The molecule has 0 heterocycles. The lowest BCUT2D eigenvalue weighted by molar-refractivity contribution is -0.215. The maximum atomic E-state index is 14.0. The normalized spacial score (nSPS) is 12.4. The summed E-state index contributed by atoms with van der Waals surface area (Å²) in [4.78, 5) is 0. The summed E-state index contributed by atoms with van der Waals surface area (Å²) >= 11 is 0. The van der Waals surface area contributed by atoms with Crippen LogP contribution in [0.5, 0.6) is 0 Å². The second-order valence-electron chi connectivity index (χ2n) is 4.81. The molecule has 0 aliphatic heterocycles. The van der Waals surface area contributed by atoms with Gasteiger partial charge in [0.2, 0.25) is 0 Å². The van der Waals surface area contributed by atoms with Crippen LogP contribution in [0.1, 0.15) is 16.7 Å². The lowest BCUT2D eigenvalue weighted by atomic mass is 9.96. The molecular weight excluding hydrogens is 268 g/mol. The van der Waals surface area contributed by atoms with Gasteiger partial charge in [-0.3, -0.25) is 0 Å². The summed E-state index contributed by atoms with van der Waals surface area (Å²) in [7, 11) is 0. The van der Waals surface area contributed by atoms with Crippen molar-refractivity contribution in [3.8, 4) is 0 Å². The van der Waals surface area contributed by atoms with Crippen molar-refractivity contribution in [1.29, 1.82) is 0 Å². The van der Waals surface area contributed by atoms with Gasteiger partial charge in [0.25, 0.3) is 0 Å². The van der Waals surface area contributed by atoms with E-state index in [2.05, 4.69) is 0 Å². The van der Waals surface area contributed by atoms with Crippen LogP contribution >= 0.6 is 0 Å². The quantitative estimate of drug-likeness (QED) is 0.695. The minimum Gasteiger partial charge on any atom is -0.199 e. The first kappa shape index (κ1) is 14.6. The van der Waals surface area contributed by atoms with Crippen LogP contribution in [0.25, 0.3) is 0 Å². The minimum absolute atomic E-state index is 0.185. The fourth-order valence-corrected chi connectivity index (χ4v) is 1.94. The third-order valence-corrected chi connectivity index (χ3v) is 3.14. The fourth-order valence-electron chi connectivity index (χ4n) is 1.94. The van der Waals surface area contributed by atoms with Gasteiger partial charge >= 0.3 is 11.8 Å². The summed E-state index contributed by atoms with van der Waals surface area (Å²) in [5, 5.41) is 0. The van der Waals surface area contributed by atoms with E-state index in [1.165, 1.54) is 24.3 Å². The van der Waals surface area contributed by atoms with Crippen molar-refractivity contribution in [3.05, 3.63) is 71.3 Å². The highest BCUT2D eigenvalue weighted by Crippen LogP contribution is 2.44. The van der Waals surface area contributed by atoms with Crippen LogP contribution in [-0.2, 0) is 12.3 Å². The van der Waals surface area contributed by atoms with Crippen molar-refractivity contribution in [2.24, 2.45) is 0 Å². The number of alkyl halides is 4. The largest absolute Gasteiger partial charge is 0.335 e. The highest BCUT2D eigenvalue weighted by Gasteiger charge is 2.56. The first-order valence-electron chi connectivity index (χ1n) is 6.20. The number of aryl methyl sites for hydroxylation is 1. The average molecular weight is 282 g/mol. The van der Waals surface area contributed by atoms with Crippen molar-refractivity contribution in [1.82, 2.24) is 0 Å². The molecule has 0 radical (unpaired) electrons. The van der Waals surface area contributed by atoms with E-state index in [4.69, 9.17) is 0 Å². The number of rotatable bonds is 4. The molecule has 106 valence electrons. The van der Waals surface area contributed by atoms with Crippen molar-refractivity contribution in [2.75, 3.05) is 0 Å². The summed E-state index contributed by atoms with van der Waals surface area (Å²) in [6.07, 6.45) is -0.991. The van der Waals surface area contributed by atoms with E-state index in [1.807, 2.05) is 0 Å². The Hall–Kier alpha value is -1.84. The summed E-state index contributed by atoms with van der Waals surface area (Å²) < 4.78 is 55.8. The number of hydrogen-bond acceptors (Lipinski definition) is 0. The van der Waals surface area contributed by atoms with Gasteiger partial charge in [0.15, 0.2) is 0 Å². The van der Waals surface area contributed by atoms with Gasteiger partial charge in [-0.25, -0.2) is 0 Å². The van der Waals surface area contributed by atoms with Gasteiger partial charge < -0.3 is 0 Å². The van der Waals surface area contributed by atoms with E-state index in [0.29, 0.717) is 0 Å². The molecule has 4 heteroatoms. The highest BCUT2D eigenvalue weighted by atomic mass is 19.3. The molecule has 0 N–H and O–H groups in total. The van der Waals surface area contributed by atoms with E-state index in [9.17, 15) is 17.6 Å². The fraction of sp³-hybridized carbons (Fsp3) is 0.250. The third-order valence-electron chi connectivity index (χ3n) is 3.14. The molecule has 2 aromatic rings. The summed E-state index contributed by atoms with van der Waals surface area (Å²) in [6.45, 7) is 1.71. The summed E-state index contributed by atoms with van der Waals surface area (Å²) in [5.41, 5.74) is 0.268. The van der Waals surface area contributed by atoms with Crippen LogP contribution in [0.3, 0.4) is 0 Å². The van der Waals surface area contributed by atoms with E-state index >= 15 is 0 Å². The lowest BCUT2D eigenvalue weighted by Crippen LogP contribution is -2.39. The zero-order valence-electron chi connectivity index (χ0n) is 10.9. The van der Waals surface area contributed by atoms with Crippen LogP contribution in [-0.4, -0.2) is 5.92 Å². The first-order valence-corrected chi connectivity index (χ1v) is 6.20. The van der Waals surface area contributed by atoms with E-state index < -0.39 is 23.8 Å². The molecule has 0 saturated carbocycles. The predicted molar refractivity (Wildman–Crippen MR) is 70.2 cm³/mol. The Balaban J connectivity index is 2.29. The Morgan fingerprint density at radius 1 is 0.800 bits per heavy atom. The van der Waals surface area contributed by atoms with Crippen molar-refractivity contribution in [2.45, 2.75) is 25.2 Å². The molecule has 0 saturated heterocycles. The Morgan fingerprint density at radius 2 is 1.35 bits per heavy atom. The molecule has 0 atom stereocenters. The topological polar surface area (TPSA) is 0 Å². The Kier molecular flexibility index (Phi) is 3.84. The van der Waals surface area contributed by atoms with Crippen molar-refractivity contribution < 1.29 is 17.6 Å². The van der Waals surface area contributed by atoms with Crippen molar-refractivity contribution >= 4 is 0 Å². The lowest BCUT2D eigenvalue weighted by Gasteiger charge is -2.27. The SMILES string of the molecule is Cc1ccc(C(F)(F)C(F)(F)Cc2ccccc2)cc1. The van der Waals surface area contributed by atoms with Crippen LogP contribution < -0.4 is 0 Å². The van der Waals surface area contributed by atoms with Gasteiger partial charge in [-0.15, -0.1) is 0 Å². The highest BCUT2D eigenvalue weighted by molar-refractivity contribution is 5.28. The molecule has 0 spiro atoms. The van der Waals surface area contributed by atoms with Crippen LogP contribution in [0.15, 0.2) is 54.6 Å². The Morgan fingerprint density at radius 3 is 1.90 bits per heavy atom. The molecule has 0 unspecified atom stereocenters. The third kappa shape index (κ3) is 2.84. The number of hydrogen-bond donors (Lipinski definition) is 0. The van der Waals surface area contributed by atoms with Crippen LogP contribution in [0, 0.1) is 6.92 Å². The average Bonchev–Trinajstić information content (AvgIpc) is 2.39. The molecular formula is C16H14F4. The smallest absolute Gasteiger partial charge is 0.199 e. The molecule has 20 heavy (non-hydrogen) atoms. The number of halogens is 4. The van der Waals surface area contributed by atoms with Gasteiger partial charge in [0.05, 0.1) is 0 Å². The second-order valence-corrected chi connectivity index (χ2v) is 4.81. The number of benzene rings is 2. The Labute approximate surface area is 115 Å². The van der Waals surface area contributed by atoms with Crippen molar-refractivity contribution in [3.63, 3.8) is 0 Å². The molecule has 2 aromatic carbocycles. The van der Waals surface area contributed by atoms with E-state index in [1.54, 1.807) is 25.1 Å². The van der Waals surface area contributed by atoms with Crippen LogP contribution in [0.4, 0.5) is 17.6 Å². The Bertz CT molecular complexity index is 559. The minimum atomic E-state index is -4.20. The summed E-state index contributed by atoms with van der Waals surface area (Å²) in [5.74, 6) is -8.33. The second kappa shape index (κ2) is 5.27. The zero-order valence-corrected chi connectivity index (χ0v) is 10.9. The molecule has 0 aromatic heterocycles. The zero-order chi connectivity index (χ0) is 14.8. The molecule has 2 rings (SSSR count). The molecule has 0 amide bonds. The molecule has 0 aliphatic rings. The van der Waals surface area contributed by atoms with Gasteiger partial charge in [0.1, 0.15) is 0 Å². The summed E-state index contributed by atoms with van der Waals surface area (Å²) in [6, 6.07) is 12.5. The molecule has 0 aliphatic carbocycles. The molecule has 0 nitrogen and oxygen atoms in total. The first-order chi connectivity index (χ1) is 9.33. The maximum Gasteiger partial charge on any atom is 0.335 e. The maximum absolute atomic E-state index is 14.0. The van der Waals surface area contributed by atoms with E-state index in [-0.39, 0.29) is 5.56 Å². The monoisotopic (exact) mass is 282 g/mol. The molecule has 0 fully saturated rings.